The van der Waals surface area contributed by atoms with Crippen LogP contribution in [0.25, 0.3) is 0 Å². The van der Waals surface area contributed by atoms with Crippen LogP contribution in [0.5, 0.6) is 0 Å². The summed E-state index contributed by atoms with van der Waals surface area (Å²) < 4.78 is 0. The van der Waals surface area contributed by atoms with Gasteiger partial charge in [-0.25, -0.2) is 4.79 Å². The lowest BCUT2D eigenvalue weighted by Gasteiger charge is -2.27. The molecule has 0 aliphatic heterocycles. The Morgan fingerprint density at radius 2 is 1.00 bits per heavy atom. The number of carbonyl (C=O) groups is 2. The van der Waals surface area contributed by atoms with Gasteiger partial charge in [-0.3, -0.25) is 0 Å². The summed E-state index contributed by atoms with van der Waals surface area (Å²) in [4.78, 5) is 20.5. The Kier molecular flexibility index (Phi) is 7.13. The Balaban J connectivity index is 0.000000758. The molecule has 0 atom stereocenters. The molecule has 3 aromatic rings. The zero-order valence-corrected chi connectivity index (χ0v) is 15.4. The number of carboxylic acid groups (broad SMARTS) is 1. The first-order chi connectivity index (χ1) is 12.6. The first-order valence-electron chi connectivity index (χ1n) is 8.19. The lowest BCUT2D eigenvalue weighted by atomic mass is 10.4. The number of hydrogen-bond donors (Lipinski definition) is 1. The van der Waals surface area contributed by atoms with Gasteiger partial charge in [0.2, 0.25) is 0 Å². The molecule has 0 bridgehead atoms. The van der Waals surface area contributed by atoms with Gasteiger partial charge >= 0.3 is 5.97 Å². The maximum Gasteiger partial charge on any atom is 0.329 e. The molecule has 0 fully saturated rings. The predicted molar refractivity (Wildman–Crippen MR) is 111 cm³/mol. The molecule has 0 aliphatic carbocycles. The largest absolute Gasteiger partial charge is 0.478 e. The molecule has 4 heteroatoms. The SMILES string of the molecule is CC=O.O=C(O)C=P(c1ccccc1)(c1ccccc1)c1ccccc1. The fourth-order valence-corrected chi connectivity index (χ4v) is 6.43. The highest BCUT2D eigenvalue weighted by Crippen LogP contribution is 2.43. The molecule has 0 saturated heterocycles. The van der Waals surface area contributed by atoms with Crippen molar-refractivity contribution in [2.75, 3.05) is 0 Å². The lowest BCUT2D eigenvalue weighted by molar-refractivity contribution is -0.128. The van der Waals surface area contributed by atoms with Crippen LogP contribution in [0.3, 0.4) is 0 Å². The number of aldehydes is 1. The van der Waals surface area contributed by atoms with Gasteiger partial charge in [0.25, 0.3) is 0 Å². The first-order valence-corrected chi connectivity index (χ1v) is 10.0. The van der Waals surface area contributed by atoms with E-state index in [9.17, 15) is 9.90 Å². The molecule has 3 rings (SSSR count). The molecule has 0 spiro atoms. The van der Waals surface area contributed by atoms with Gasteiger partial charge in [-0.1, -0.05) is 91.0 Å². The van der Waals surface area contributed by atoms with E-state index in [1.807, 2.05) is 91.0 Å². The average Bonchev–Trinajstić information content (AvgIpc) is 2.69. The van der Waals surface area contributed by atoms with Crippen molar-refractivity contribution in [2.24, 2.45) is 0 Å². The van der Waals surface area contributed by atoms with Gasteiger partial charge < -0.3 is 9.90 Å². The topological polar surface area (TPSA) is 54.4 Å². The van der Waals surface area contributed by atoms with E-state index in [0.29, 0.717) is 0 Å². The van der Waals surface area contributed by atoms with E-state index in [1.165, 1.54) is 12.7 Å². The molecule has 0 aromatic heterocycles. The molecule has 0 amide bonds. The molecular weight excluding hydrogens is 343 g/mol. The van der Waals surface area contributed by atoms with Crippen LogP contribution in [0.1, 0.15) is 6.92 Å². The van der Waals surface area contributed by atoms with E-state index < -0.39 is 12.9 Å². The van der Waals surface area contributed by atoms with Crippen molar-refractivity contribution in [3.8, 4) is 0 Å². The van der Waals surface area contributed by atoms with Crippen LogP contribution in [0.2, 0.25) is 0 Å². The van der Waals surface area contributed by atoms with Crippen molar-refractivity contribution in [3.05, 3.63) is 91.0 Å². The van der Waals surface area contributed by atoms with Crippen LogP contribution in [0.15, 0.2) is 91.0 Å². The average molecular weight is 364 g/mol. The summed E-state index contributed by atoms with van der Waals surface area (Å²) in [5, 5.41) is 12.7. The van der Waals surface area contributed by atoms with E-state index in [2.05, 4.69) is 0 Å². The Hall–Kier alpha value is -2.90. The maximum atomic E-state index is 11.7. The maximum absolute atomic E-state index is 11.7. The van der Waals surface area contributed by atoms with E-state index >= 15 is 0 Å². The van der Waals surface area contributed by atoms with E-state index in [4.69, 9.17) is 4.79 Å². The third kappa shape index (κ3) is 4.38. The third-order valence-electron chi connectivity index (χ3n) is 3.79. The van der Waals surface area contributed by atoms with Crippen molar-refractivity contribution < 1.29 is 14.7 Å². The Morgan fingerprint density at radius 3 is 1.23 bits per heavy atom. The molecular formula is C22H21O3P. The number of aliphatic carboxylic acids is 1. The summed E-state index contributed by atoms with van der Waals surface area (Å²) in [6.07, 6.45) is 0.750. The van der Waals surface area contributed by atoms with Gasteiger partial charge in [-0.2, -0.15) is 0 Å². The molecule has 3 aromatic carbocycles. The molecule has 1 N–H and O–H groups in total. The van der Waals surface area contributed by atoms with Crippen molar-refractivity contribution >= 4 is 40.9 Å². The van der Waals surface area contributed by atoms with E-state index in [-0.39, 0.29) is 0 Å². The highest BCUT2D eigenvalue weighted by atomic mass is 31.2. The molecule has 0 aliphatic rings. The molecule has 0 radical (unpaired) electrons. The Bertz CT molecular complexity index is 785. The van der Waals surface area contributed by atoms with Crippen LogP contribution < -0.4 is 15.9 Å². The quantitative estimate of drug-likeness (QED) is 0.572. The zero-order chi connectivity index (χ0) is 18.8. The summed E-state index contributed by atoms with van der Waals surface area (Å²) in [6.45, 7) is -0.889. The lowest BCUT2D eigenvalue weighted by Crippen LogP contribution is -2.28. The molecule has 132 valence electrons. The van der Waals surface area contributed by atoms with E-state index in [1.54, 1.807) is 0 Å². The second kappa shape index (κ2) is 9.55. The number of benzene rings is 3. The van der Waals surface area contributed by atoms with Crippen LogP contribution in [-0.2, 0) is 9.59 Å². The highest BCUT2D eigenvalue weighted by molar-refractivity contribution is 7.95. The number of rotatable bonds is 4. The minimum atomic E-state index is -2.33. The van der Waals surface area contributed by atoms with Crippen molar-refractivity contribution in [1.82, 2.24) is 0 Å². The zero-order valence-electron chi connectivity index (χ0n) is 14.5. The summed E-state index contributed by atoms with van der Waals surface area (Å²) >= 11 is 0. The molecule has 0 saturated carbocycles. The van der Waals surface area contributed by atoms with Crippen molar-refractivity contribution in [2.45, 2.75) is 6.92 Å². The van der Waals surface area contributed by atoms with E-state index in [0.717, 1.165) is 22.2 Å². The fourth-order valence-electron chi connectivity index (χ4n) is 2.83. The summed E-state index contributed by atoms with van der Waals surface area (Å²) in [5.74, 6) is 0.599. The Labute approximate surface area is 153 Å². The molecule has 3 nitrogen and oxygen atoms in total. The van der Waals surface area contributed by atoms with Crippen molar-refractivity contribution in [3.63, 3.8) is 0 Å². The molecule has 0 unspecified atom stereocenters. The summed E-state index contributed by atoms with van der Waals surface area (Å²) in [5.41, 5.74) is 0. The van der Waals surface area contributed by atoms with Gasteiger partial charge in [-0.05, 0) is 29.7 Å². The van der Waals surface area contributed by atoms with Gasteiger partial charge in [0.05, 0.1) is 0 Å². The second-order valence-electron chi connectivity index (χ2n) is 5.43. The van der Waals surface area contributed by atoms with Gasteiger partial charge in [0, 0.05) is 5.80 Å². The fraction of sp³-hybridized carbons (Fsp3) is 0.0455. The number of hydrogen-bond acceptors (Lipinski definition) is 2. The molecule has 26 heavy (non-hydrogen) atoms. The molecule has 0 heterocycles. The summed E-state index contributed by atoms with van der Waals surface area (Å²) in [6, 6.07) is 29.8. The van der Waals surface area contributed by atoms with Crippen LogP contribution in [0, 0.1) is 0 Å². The second-order valence-corrected chi connectivity index (χ2v) is 8.69. The van der Waals surface area contributed by atoms with Gasteiger partial charge in [-0.15, -0.1) is 0 Å². The number of carboxylic acids is 1. The van der Waals surface area contributed by atoms with Crippen LogP contribution >= 0.6 is 6.89 Å². The predicted octanol–water partition coefficient (Wildman–Crippen LogP) is 3.07. The minimum Gasteiger partial charge on any atom is -0.478 e. The highest BCUT2D eigenvalue weighted by Gasteiger charge is 2.25. The third-order valence-corrected chi connectivity index (χ3v) is 7.74. The van der Waals surface area contributed by atoms with Crippen molar-refractivity contribution in [1.29, 1.82) is 0 Å². The van der Waals surface area contributed by atoms with Crippen LogP contribution in [0.4, 0.5) is 0 Å². The standard InChI is InChI=1S/C20H17O2P.C2H4O/c21-20(22)16-23(17-10-4-1-5-11-17,18-12-6-2-7-13-18)19-14-8-3-9-15-19;1-2-3/h1-16H,(H,21,22);2H,1H3. The smallest absolute Gasteiger partial charge is 0.329 e. The first kappa shape index (κ1) is 19.4. The normalized spacial score (nSPS) is 10.2. The van der Waals surface area contributed by atoms with Gasteiger partial charge in [0.15, 0.2) is 0 Å². The van der Waals surface area contributed by atoms with Gasteiger partial charge in [0.1, 0.15) is 6.29 Å². The number of carbonyl (C=O) groups excluding carboxylic acids is 1. The Morgan fingerprint density at radius 1 is 0.731 bits per heavy atom. The minimum absolute atomic E-state index is 0.750. The summed E-state index contributed by atoms with van der Waals surface area (Å²) in [7, 11) is 0. The monoisotopic (exact) mass is 364 g/mol. The van der Waals surface area contributed by atoms with Crippen LogP contribution in [-0.4, -0.2) is 23.2 Å².